The highest BCUT2D eigenvalue weighted by Crippen LogP contribution is 2.51. The van der Waals surface area contributed by atoms with Crippen molar-refractivity contribution < 1.29 is 30.9 Å². The summed E-state index contributed by atoms with van der Waals surface area (Å²) in [6, 6.07) is 4.12. The van der Waals surface area contributed by atoms with Gasteiger partial charge in [-0.3, -0.25) is 4.79 Å². The first kappa shape index (κ1) is 23.4. The molecule has 2 aliphatic heterocycles. The molecule has 2 N–H and O–H groups in total. The van der Waals surface area contributed by atoms with E-state index in [1.165, 1.54) is 0 Å². The molecule has 0 spiro atoms. The summed E-state index contributed by atoms with van der Waals surface area (Å²) in [4.78, 5) is 15.9. The van der Waals surface area contributed by atoms with Crippen molar-refractivity contribution in [3.63, 3.8) is 0 Å². The molecule has 2 saturated heterocycles. The number of thiophene rings is 1. The van der Waals surface area contributed by atoms with E-state index in [9.17, 15) is 26.4 Å². The third-order valence-corrected chi connectivity index (χ3v) is 9.93. The summed E-state index contributed by atoms with van der Waals surface area (Å²) in [5, 5.41) is 10.2. The maximum atomic E-state index is 13.5. The molecule has 0 aliphatic carbocycles. The Labute approximate surface area is 200 Å². The third-order valence-electron chi connectivity index (χ3n) is 5.80. The Bertz CT molecular complexity index is 1370. The normalized spacial score (nSPS) is 24.6. The van der Waals surface area contributed by atoms with E-state index in [0.29, 0.717) is 28.6 Å². The van der Waals surface area contributed by atoms with Gasteiger partial charge in [0.15, 0.2) is 9.84 Å². The van der Waals surface area contributed by atoms with Crippen molar-refractivity contribution in [2.24, 2.45) is 5.92 Å². The van der Waals surface area contributed by atoms with Gasteiger partial charge >= 0.3 is 5.51 Å². The number of hydrogen-bond acceptors (Lipinski definition) is 9. The quantitative estimate of drug-likeness (QED) is 0.466. The van der Waals surface area contributed by atoms with E-state index in [4.69, 9.17) is 4.52 Å². The Hall–Kier alpha value is -2.32. The molecule has 0 radical (unpaired) electrons. The van der Waals surface area contributed by atoms with Gasteiger partial charge in [0.2, 0.25) is 17.6 Å². The van der Waals surface area contributed by atoms with E-state index in [0.717, 1.165) is 11.3 Å². The number of anilines is 1. The molecule has 3 aromatic rings. The number of nitrogens with one attached hydrogen (secondary N) is 2. The molecule has 0 saturated carbocycles. The highest BCUT2D eigenvalue weighted by Gasteiger charge is 2.37. The van der Waals surface area contributed by atoms with Crippen LogP contribution < -0.4 is 10.6 Å². The predicted octanol–water partition coefficient (Wildman–Crippen LogP) is 4.36. The highest BCUT2D eigenvalue weighted by atomic mass is 32.2. The third kappa shape index (κ3) is 4.62. The van der Waals surface area contributed by atoms with Gasteiger partial charge in [0.05, 0.1) is 26.8 Å². The van der Waals surface area contributed by atoms with Crippen molar-refractivity contribution in [2.45, 2.75) is 42.3 Å². The smallest absolute Gasteiger partial charge is 0.380 e. The van der Waals surface area contributed by atoms with Crippen molar-refractivity contribution >= 4 is 54.6 Å². The summed E-state index contributed by atoms with van der Waals surface area (Å²) < 4.78 is 70.3. The molecule has 14 heteroatoms. The summed E-state index contributed by atoms with van der Waals surface area (Å²) in [5.74, 6) is -0.108. The topological polar surface area (TPSA) is 114 Å². The fourth-order valence-corrected chi connectivity index (χ4v) is 8.49. The van der Waals surface area contributed by atoms with Crippen molar-refractivity contribution in [1.29, 1.82) is 0 Å². The lowest BCUT2D eigenvalue weighted by Gasteiger charge is -2.17. The van der Waals surface area contributed by atoms with Crippen LogP contribution in [0.3, 0.4) is 0 Å². The van der Waals surface area contributed by atoms with Crippen molar-refractivity contribution in [1.82, 2.24) is 15.5 Å². The van der Waals surface area contributed by atoms with Crippen LogP contribution in [0.5, 0.6) is 0 Å². The van der Waals surface area contributed by atoms with E-state index < -0.39 is 21.4 Å². The van der Waals surface area contributed by atoms with Crippen LogP contribution in [0.25, 0.3) is 20.8 Å². The van der Waals surface area contributed by atoms with Gasteiger partial charge in [0, 0.05) is 22.7 Å². The Morgan fingerprint density at radius 3 is 2.74 bits per heavy atom. The monoisotopic (exact) mass is 532 g/mol. The van der Waals surface area contributed by atoms with Gasteiger partial charge in [-0.25, -0.2) is 8.42 Å². The number of halogens is 3. The van der Waals surface area contributed by atoms with Crippen LogP contribution in [0.2, 0.25) is 0 Å². The number of alkyl halides is 3. The summed E-state index contributed by atoms with van der Waals surface area (Å²) in [7, 11) is -3.17. The van der Waals surface area contributed by atoms with Crippen LogP contribution in [0.1, 0.15) is 31.7 Å². The van der Waals surface area contributed by atoms with E-state index in [1.54, 1.807) is 18.2 Å². The number of hydrogen-bond donors (Lipinski definition) is 2. The molecule has 5 rings (SSSR count). The average molecular weight is 533 g/mol. The Morgan fingerprint density at radius 1 is 1.29 bits per heavy atom. The van der Waals surface area contributed by atoms with Gasteiger partial charge in [-0.1, -0.05) is 24.2 Å². The zero-order chi connectivity index (χ0) is 24.3. The molecule has 1 amide bonds. The minimum Gasteiger partial charge on any atom is -0.380 e. The lowest BCUT2D eigenvalue weighted by Crippen LogP contribution is -2.26. The first-order valence-electron chi connectivity index (χ1n) is 10.4. The first-order chi connectivity index (χ1) is 16.0. The summed E-state index contributed by atoms with van der Waals surface area (Å²) in [5.41, 5.74) is -4.00. The van der Waals surface area contributed by atoms with Crippen LogP contribution in [0.4, 0.5) is 18.9 Å². The van der Waals surface area contributed by atoms with Crippen LogP contribution in [-0.2, 0) is 14.6 Å². The van der Waals surface area contributed by atoms with Crippen LogP contribution in [-0.4, -0.2) is 47.5 Å². The molecule has 2 fully saturated rings. The largest absolute Gasteiger partial charge is 0.446 e. The van der Waals surface area contributed by atoms with Crippen LogP contribution in [0.15, 0.2) is 27.6 Å². The van der Waals surface area contributed by atoms with Crippen molar-refractivity contribution in [2.75, 3.05) is 16.8 Å². The zero-order valence-corrected chi connectivity index (χ0v) is 20.1. The van der Waals surface area contributed by atoms with E-state index in [2.05, 4.69) is 20.8 Å². The molecule has 3 atom stereocenters. The number of benzene rings is 1. The van der Waals surface area contributed by atoms with Gasteiger partial charge in [0.25, 0.3) is 0 Å². The minimum atomic E-state index is -4.55. The molecule has 0 bridgehead atoms. The van der Waals surface area contributed by atoms with Gasteiger partial charge < -0.3 is 15.2 Å². The number of rotatable bonds is 5. The Kier molecular flexibility index (Phi) is 5.80. The lowest BCUT2D eigenvalue weighted by atomic mass is 10.1. The summed E-state index contributed by atoms with van der Waals surface area (Å²) in [6.07, 6.45) is 0.776. The molecule has 4 heterocycles. The Balaban J connectivity index is 1.56. The van der Waals surface area contributed by atoms with E-state index in [-0.39, 0.29) is 62.6 Å². The lowest BCUT2D eigenvalue weighted by molar-refractivity contribution is -0.119. The highest BCUT2D eigenvalue weighted by molar-refractivity contribution is 8.00. The maximum absolute atomic E-state index is 13.5. The molecule has 0 unspecified atom stereocenters. The predicted molar refractivity (Wildman–Crippen MR) is 122 cm³/mol. The number of carbonyl (C=O) groups is 1. The summed E-state index contributed by atoms with van der Waals surface area (Å²) in [6.45, 7) is 1.83. The van der Waals surface area contributed by atoms with Gasteiger partial charge in [-0.15, -0.1) is 11.3 Å². The molecule has 2 aliphatic rings. The second-order valence-electron chi connectivity index (χ2n) is 8.41. The second-order valence-corrected chi connectivity index (χ2v) is 12.7. The Morgan fingerprint density at radius 2 is 2.09 bits per heavy atom. The van der Waals surface area contributed by atoms with Gasteiger partial charge in [0.1, 0.15) is 6.04 Å². The number of fused-ring (bicyclic) bond motifs is 1. The minimum absolute atomic E-state index is 0.00635. The summed E-state index contributed by atoms with van der Waals surface area (Å²) >= 11 is 0.827. The number of aromatic nitrogens is 2. The molecule has 8 nitrogen and oxygen atoms in total. The number of sulfone groups is 1. The fourth-order valence-electron chi connectivity index (χ4n) is 4.25. The molecule has 34 heavy (non-hydrogen) atoms. The van der Waals surface area contributed by atoms with Crippen LogP contribution >= 0.6 is 23.1 Å². The molecule has 2 aromatic heterocycles. The van der Waals surface area contributed by atoms with Gasteiger partial charge in [-0.2, -0.15) is 18.2 Å². The average Bonchev–Trinajstić information content (AvgIpc) is 3.48. The molecular formula is C20H19F3N4O4S3. The standard InChI is InChI=1S/C20H19F3N4O4S3/c1-9-7-34(29,30)8-13(9)24-11-4-2-3-10-15(11)32-17(16(10)33-20(21,22)23)18-26-19(31-27-18)12-5-6-14(28)25-12/h2-4,9,12-13,24H,5-8H2,1H3,(H,25,28)/t9-,12-,13+/m1/s1. The van der Waals surface area contributed by atoms with Crippen LogP contribution in [0, 0.1) is 5.92 Å². The second kappa shape index (κ2) is 8.41. The number of carbonyl (C=O) groups excluding carboxylic acids is 1. The fraction of sp³-hybridized carbons (Fsp3) is 0.450. The molecule has 1 aromatic carbocycles. The van der Waals surface area contributed by atoms with Crippen molar-refractivity contribution in [3.05, 3.63) is 24.1 Å². The van der Waals surface area contributed by atoms with Gasteiger partial charge in [-0.05, 0) is 30.2 Å². The SMILES string of the molecule is C[C@@H]1CS(=O)(=O)C[C@@H]1Nc1cccc2c(SC(F)(F)F)c(-c3noc([C@H]4CCC(=O)N4)n3)sc12. The number of amides is 1. The number of nitrogens with zero attached hydrogens (tertiary/aromatic N) is 2. The maximum Gasteiger partial charge on any atom is 0.446 e. The van der Waals surface area contributed by atoms with Crippen molar-refractivity contribution in [3.8, 4) is 10.7 Å². The molecule has 182 valence electrons. The molecular weight excluding hydrogens is 513 g/mol. The number of thioether (sulfide) groups is 1. The zero-order valence-electron chi connectivity index (χ0n) is 17.7. The first-order valence-corrected chi connectivity index (χ1v) is 13.9. The van der Waals surface area contributed by atoms with E-state index >= 15 is 0 Å². The van der Waals surface area contributed by atoms with E-state index in [1.807, 2.05) is 6.92 Å².